The van der Waals surface area contributed by atoms with E-state index in [1.165, 1.54) is 7.11 Å². The number of rotatable bonds is 5. The number of halogens is 2. The Morgan fingerprint density at radius 1 is 1.28 bits per heavy atom. The van der Waals surface area contributed by atoms with Crippen LogP contribution in [0, 0.1) is 11.6 Å². The molecule has 0 unspecified atom stereocenters. The van der Waals surface area contributed by atoms with Crippen molar-refractivity contribution in [3.05, 3.63) is 29.8 Å². The fourth-order valence-electron chi connectivity index (χ4n) is 1.08. The Bertz CT molecular complexity index is 451. The van der Waals surface area contributed by atoms with Gasteiger partial charge in [0.15, 0.2) is 6.61 Å². The van der Waals surface area contributed by atoms with Gasteiger partial charge >= 0.3 is 5.97 Å². The molecule has 0 radical (unpaired) electrons. The quantitative estimate of drug-likeness (QED) is 0.804. The Kier molecular flexibility index (Phi) is 5.19. The van der Waals surface area contributed by atoms with Crippen molar-refractivity contribution in [2.24, 2.45) is 0 Å². The van der Waals surface area contributed by atoms with Crippen LogP contribution in [-0.2, 0) is 19.1 Å². The molecule has 1 aromatic carbocycles. The molecule has 1 N–H and O–H groups in total. The molecule has 1 amide bonds. The molecule has 1 rings (SSSR count). The smallest absolute Gasteiger partial charge is 0.332 e. The van der Waals surface area contributed by atoms with Crippen LogP contribution >= 0.6 is 0 Å². The number of methoxy groups -OCH3 is 1. The molecule has 18 heavy (non-hydrogen) atoms. The maximum Gasteiger partial charge on any atom is 0.332 e. The van der Waals surface area contributed by atoms with E-state index >= 15 is 0 Å². The summed E-state index contributed by atoms with van der Waals surface area (Å²) in [6.45, 7) is -0.850. The van der Waals surface area contributed by atoms with Crippen LogP contribution in [0.25, 0.3) is 0 Å². The van der Waals surface area contributed by atoms with Gasteiger partial charge < -0.3 is 14.8 Å². The van der Waals surface area contributed by atoms with Crippen molar-refractivity contribution in [1.82, 2.24) is 0 Å². The molecule has 0 fully saturated rings. The third-order valence-corrected chi connectivity index (χ3v) is 1.83. The number of hydrogen-bond acceptors (Lipinski definition) is 4. The first-order valence-electron chi connectivity index (χ1n) is 4.92. The van der Waals surface area contributed by atoms with Gasteiger partial charge in [0.25, 0.3) is 5.91 Å². The summed E-state index contributed by atoms with van der Waals surface area (Å²) in [6.07, 6.45) is 0. The predicted molar refractivity (Wildman–Crippen MR) is 57.8 cm³/mol. The molecule has 0 aliphatic rings. The lowest BCUT2D eigenvalue weighted by Gasteiger charge is -2.07. The van der Waals surface area contributed by atoms with Crippen molar-refractivity contribution in [2.75, 3.05) is 25.6 Å². The van der Waals surface area contributed by atoms with E-state index in [2.05, 4.69) is 14.8 Å². The highest BCUT2D eigenvalue weighted by molar-refractivity contribution is 5.92. The second kappa shape index (κ2) is 6.65. The standard InChI is InChI=1S/C11H11F2NO4/c1-17-6-11(16)18-5-10(15)14-9-3-2-7(12)4-8(9)13/h2-4H,5-6H2,1H3,(H,14,15). The van der Waals surface area contributed by atoms with E-state index < -0.39 is 30.1 Å². The van der Waals surface area contributed by atoms with Gasteiger partial charge in [0, 0.05) is 13.2 Å². The summed E-state index contributed by atoms with van der Waals surface area (Å²) in [4.78, 5) is 22.1. The topological polar surface area (TPSA) is 64.6 Å². The monoisotopic (exact) mass is 259 g/mol. The molecule has 7 heteroatoms. The van der Waals surface area contributed by atoms with Gasteiger partial charge in [-0.15, -0.1) is 0 Å². The first-order valence-corrected chi connectivity index (χ1v) is 4.92. The van der Waals surface area contributed by atoms with Gasteiger partial charge in [-0.25, -0.2) is 13.6 Å². The van der Waals surface area contributed by atoms with Gasteiger partial charge in [-0.05, 0) is 12.1 Å². The van der Waals surface area contributed by atoms with Gasteiger partial charge in [0.1, 0.15) is 18.2 Å². The molecule has 0 aromatic heterocycles. The van der Waals surface area contributed by atoms with Crippen molar-refractivity contribution in [3.63, 3.8) is 0 Å². The average Bonchev–Trinajstić information content (AvgIpc) is 2.31. The second-order valence-electron chi connectivity index (χ2n) is 3.27. The summed E-state index contributed by atoms with van der Waals surface area (Å²) in [5.74, 6) is -3.11. The predicted octanol–water partition coefficient (Wildman–Crippen LogP) is 1.09. The normalized spacial score (nSPS) is 9.94. The van der Waals surface area contributed by atoms with E-state index in [4.69, 9.17) is 0 Å². The summed E-state index contributed by atoms with van der Waals surface area (Å²) in [5.41, 5.74) is -0.191. The van der Waals surface area contributed by atoms with Gasteiger partial charge in [0.2, 0.25) is 0 Å². The molecule has 0 bridgehead atoms. The minimum absolute atomic E-state index is 0.191. The van der Waals surface area contributed by atoms with Crippen LogP contribution in [0.1, 0.15) is 0 Å². The lowest BCUT2D eigenvalue weighted by molar-refractivity contribution is -0.150. The Morgan fingerprint density at radius 3 is 2.61 bits per heavy atom. The third kappa shape index (κ3) is 4.46. The number of ether oxygens (including phenoxy) is 2. The molecule has 0 spiro atoms. The van der Waals surface area contributed by atoms with Gasteiger partial charge in [-0.1, -0.05) is 0 Å². The number of nitrogens with one attached hydrogen (secondary N) is 1. The molecular formula is C11H11F2NO4. The zero-order chi connectivity index (χ0) is 13.5. The van der Waals surface area contributed by atoms with Crippen LogP contribution in [0.5, 0.6) is 0 Å². The summed E-state index contributed by atoms with van der Waals surface area (Å²) in [7, 11) is 1.30. The maximum atomic E-state index is 13.1. The van der Waals surface area contributed by atoms with Crippen molar-refractivity contribution in [2.45, 2.75) is 0 Å². The van der Waals surface area contributed by atoms with E-state index in [1.807, 2.05) is 0 Å². The minimum Gasteiger partial charge on any atom is -0.454 e. The van der Waals surface area contributed by atoms with Gasteiger partial charge in [-0.3, -0.25) is 4.79 Å². The van der Waals surface area contributed by atoms with E-state index in [-0.39, 0.29) is 12.3 Å². The first-order chi connectivity index (χ1) is 8.52. The number of benzene rings is 1. The number of esters is 1. The molecule has 5 nitrogen and oxygen atoms in total. The summed E-state index contributed by atoms with van der Waals surface area (Å²) in [6, 6.07) is 2.70. The fraction of sp³-hybridized carbons (Fsp3) is 0.273. The molecule has 0 saturated carbocycles. The minimum atomic E-state index is -0.911. The van der Waals surface area contributed by atoms with Crippen molar-refractivity contribution < 1.29 is 27.8 Å². The fourth-order valence-corrected chi connectivity index (χ4v) is 1.08. The van der Waals surface area contributed by atoms with Crippen molar-refractivity contribution >= 4 is 17.6 Å². The molecule has 0 aliphatic carbocycles. The van der Waals surface area contributed by atoms with Crippen LogP contribution < -0.4 is 5.32 Å². The van der Waals surface area contributed by atoms with E-state index in [0.29, 0.717) is 6.07 Å². The zero-order valence-electron chi connectivity index (χ0n) is 9.54. The molecule has 0 aliphatic heterocycles. The summed E-state index contributed by atoms with van der Waals surface area (Å²) < 4.78 is 34.7. The van der Waals surface area contributed by atoms with E-state index in [1.54, 1.807) is 0 Å². The molecule has 0 saturated heterocycles. The summed E-state index contributed by atoms with van der Waals surface area (Å²) >= 11 is 0. The molecule has 1 aromatic rings. The van der Waals surface area contributed by atoms with Crippen LogP contribution in [0.2, 0.25) is 0 Å². The number of anilines is 1. The molecular weight excluding hydrogens is 248 g/mol. The van der Waals surface area contributed by atoms with Crippen LogP contribution in [0.4, 0.5) is 14.5 Å². The molecule has 0 atom stereocenters. The number of carbonyl (C=O) groups excluding carboxylic acids is 2. The Hall–Kier alpha value is -2.02. The lowest BCUT2D eigenvalue weighted by atomic mass is 10.3. The van der Waals surface area contributed by atoms with Crippen LogP contribution in [0.3, 0.4) is 0 Å². The Balaban J connectivity index is 2.47. The van der Waals surface area contributed by atoms with E-state index in [0.717, 1.165) is 12.1 Å². The summed E-state index contributed by atoms with van der Waals surface area (Å²) in [5, 5.41) is 2.14. The Labute approximate surface area is 102 Å². The lowest BCUT2D eigenvalue weighted by Crippen LogP contribution is -2.23. The Morgan fingerprint density at radius 2 is 2.00 bits per heavy atom. The number of hydrogen-bond donors (Lipinski definition) is 1. The number of amides is 1. The highest BCUT2D eigenvalue weighted by atomic mass is 19.1. The maximum absolute atomic E-state index is 13.1. The number of carbonyl (C=O) groups is 2. The van der Waals surface area contributed by atoms with Crippen molar-refractivity contribution in [1.29, 1.82) is 0 Å². The average molecular weight is 259 g/mol. The molecule has 0 heterocycles. The van der Waals surface area contributed by atoms with Crippen molar-refractivity contribution in [3.8, 4) is 0 Å². The van der Waals surface area contributed by atoms with E-state index in [9.17, 15) is 18.4 Å². The van der Waals surface area contributed by atoms with Crippen LogP contribution in [-0.4, -0.2) is 32.2 Å². The molecule has 98 valence electrons. The highest BCUT2D eigenvalue weighted by Crippen LogP contribution is 2.14. The first kappa shape index (κ1) is 14.0. The zero-order valence-corrected chi connectivity index (χ0v) is 9.54. The van der Waals surface area contributed by atoms with Gasteiger partial charge in [-0.2, -0.15) is 0 Å². The van der Waals surface area contributed by atoms with Crippen LogP contribution in [0.15, 0.2) is 18.2 Å². The largest absolute Gasteiger partial charge is 0.454 e. The third-order valence-electron chi connectivity index (χ3n) is 1.83. The highest BCUT2D eigenvalue weighted by Gasteiger charge is 2.10. The SMILES string of the molecule is COCC(=O)OCC(=O)Nc1ccc(F)cc1F. The second-order valence-corrected chi connectivity index (χ2v) is 3.27. The van der Waals surface area contributed by atoms with Gasteiger partial charge in [0.05, 0.1) is 5.69 Å².